The number of hydrogen-bond donors (Lipinski definition) is 2. The molecule has 2 rings (SSSR count). The molecular formula is C17H21N3O. The van der Waals surface area contributed by atoms with Crippen molar-refractivity contribution in [2.24, 2.45) is 10.9 Å². The molecule has 0 aliphatic heterocycles. The second kappa shape index (κ2) is 6.31. The van der Waals surface area contributed by atoms with Crippen LogP contribution in [0.4, 0.5) is 11.4 Å². The average molecular weight is 283 g/mol. The molecule has 21 heavy (non-hydrogen) atoms. The zero-order chi connectivity index (χ0) is 15.4. The van der Waals surface area contributed by atoms with Gasteiger partial charge in [0.1, 0.15) is 0 Å². The summed E-state index contributed by atoms with van der Waals surface area (Å²) in [5.41, 5.74) is 10.9. The lowest BCUT2D eigenvalue weighted by Crippen LogP contribution is -2.16. The van der Waals surface area contributed by atoms with E-state index in [2.05, 4.69) is 41.2 Å². The van der Waals surface area contributed by atoms with Crippen molar-refractivity contribution < 1.29 is 5.21 Å². The molecule has 0 radical (unpaired) electrons. The average Bonchev–Trinajstić information content (AvgIpc) is 2.53. The number of oxime groups is 1. The number of aryl methyl sites for hydroxylation is 2. The highest BCUT2D eigenvalue weighted by molar-refractivity contribution is 5.98. The van der Waals surface area contributed by atoms with Crippen LogP contribution >= 0.6 is 0 Å². The van der Waals surface area contributed by atoms with Gasteiger partial charge in [0, 0.05) is 24.0 Å². The van der Waals surface area contributed by atoms with Gasteiger partial charge in [-0.3, -0.25) is 0 Å². The van der Waals surface area contributed by atoms with Crippen LogP contribution in [0.5, 0.6) is 0 Å². The fourth-order valence-electron chi connectivity index (χ4n) is 2.30. The topological polar surface area (TPSA) is 61.8 Å². The number of benzene rings is 2. The van der Waals surface area contributed by atoms with E-state index in [4.69, 9.17) is 10.9 Å². The summed E-state index contributed by atoms with van der Waals surface area (Å²) in [5, 5.41) is 11.8. The van der Waals surface area contributed by atoms with Gasteiger partial charge in [0.05, 0.1) is 0 Å². The van der Waals surface area contributed by atoms with Gasteiger partial charge in [-0.1, -0.05) is 24.2 Å². The van der Waals surface area contributed by atoms with Crippen LogP contribution in [-0.4, -0.2) is 18.1 Å². The van der Waals surface area contributed by atoms with E-state index in [1.165, 1.54) is 5.56 Å². The normalized spacial score (nSPS) is 11.5. The summed E-state index contributed by atoms with van der Waals surface area (Å²) < 4.78 is 0. The predicted molar refractivity (Wildman–Crippen MR) is 87.6 cm³/mol. The van der Waals surface area contributed by atoms with Crippen LogP contribution in [0.1, 0.15) is 23.6 Å². The Morgan fingerprint density at radius 3 is 2.29 bits per heavy atom. The highest BCUT2D eigenvalue weighted by Gasteiger charge is 2.08. The molecule has 4 heteroatoms. The van der Waals surface area contributed by atoms with Crippen molar-refractivity contribution in [3.63, 3.8) is 0 Å². The molecule has 0 unspecified atom stereocenters. The van der Waals surface area contributed by atoms with Crippen LogP contribution in [-0.2, 0) is 6.42 Å². The molecule has 0 fully saturated rings. The Labute approximate surface area is 125 Å². The minimum Gasteiger partial charge on any atom is -0.409 e. The molecule has 0 spiro atoms. The highest BCUT2D eigenvalue weighted by Crippen LogP contribution is 2.26. The number of hydrogen-bond acceptors (Lipinski definition) is 3. The number of rotatable bonds is 4. The Bertz CT molecular complexity index is 648. The van der Waals surface area contributed by atoms with Gasteiger partial charge in [0.25, 0.3) is 0 Å². The Balaban J connectivity index is 2.30. The van der Waals surface area contributed by atoms with E-state index in [0.29, 0.717) is 0 Å². The van der Waals surface area contributed by atoms with E-state index in [1.807, 2.05) is 32.2 Å². The summed E-state index contributed by atoms with van der Waals surface area (Å²) in [4.78, 5) is 2.11. The third kappa shape index (κ3) is 3.16. The van der Waals surface area contributed by atoms with Crippen LogP contribution in [0.15, 0.2) is 47.6 Å². The molecule has 4 nitrogen and oxygen atoms in total. The fraction of sp³-hybridized carbons (Fsp3) is 0.235. The summed E-state index contributed by atoms with van der Waals surface area (Å²) in [7, 11) is 2.03. The monoisotopic (exact) mass is 283 g/mol. The van der Waals surface area contributed by atoms with Crippen molar-refractivity contribution in [1.29, 1.82) is 0 Å². The molecule has 0 aromatic heterocycles. The molecule has 0 atom stereocenters. The second-order valence-electron chi connectivity index (χ2n) is 5.06. The molecular weight excluding hydrogens is 262 g/mol. The van der Waals surface area contributed by atoms with E-state index in [9.17, 15) is 0 Å². The van der Waals surface area contributed by atoms with Crippen LogP contribution in [0.25, 0.3) is 0 Å². The van der Waals surface area contributed by atoms with Gasteiger partial charge in [-0.2, -0.15) is 0 Å². The van der Waals surface area contributed by atoms with Gasteiger partial charge in [0.15, 0.2) is 5.84 Å². The molecule has 110 valence electrons. The van der Waals surface area contributed by atoms with E-state index >= 15 is 0 Å². The molecule has 2 aromatic carbocycles. The maximum absolute atomic E-state index is 8.77. The van der Waals surface area contributed by atoms with Gasteiger partial charge in [-0.05, 0) is 54.8 Å². The minimum absolute atomic E-state index is 0.133. The van der Waals surface area contributed by atoms with Crippen LogP contribution in [0.3, 0.4) is 0 Å². The number of amidine groups is 1. The number of nitrogens with zero attached hydrogens (tertiary/aromatic N) is 2. The van der Waals surface area contributed by atoms with Gasteiger partial charge in [0.2, 0.25) is 0 Å². The molecule has 0 heterocycles. The lowest BCUT2D eigenvalue weighted by Gasteiger charge is -2.21. The van der Waals surface area contributed by atoms with E-state index in [0.717, 1.165) is 28.9 Å². The first-order valence-electron chi connectivity index (χ1n) is 6.98. The Morgan fingerprint density at radius 1 is 1.14 bits per heavy atom. The van der Waals surface area contributed by atoms with Gasteiger partial charge in [-0.15, -0.1) is 0 Å². The first kappa shape index (κ1) is 14.9. The maximum atomic E-state index is 8.77. The van der Waals surface area contributed by atoms with Crippen molar-refractivity contribution in [3.8, 4) is 0 Å². The second-order valence-corrected chi connectivity index (χ2v) is 5.06. The van der Waals surface area contributed by atoms with Crippen molar-refractivity contribution in [2.75, 3.05) is 11.9 Å². The molecule has 0 saturated carbocycles. The van der Waals surface area contributed by atoms with E-state index in [1.54, 1.807) is 0 Å². The zero-order valence-corrected chi connectivity index (χ0v) is 12.7. The van der Waals surface area contributed by atoms with Crippen LogP contribution in [0, 0.1) is 6.92 Å². The van der Waals surface area contributed by atoms with Crippen molar-refractivity contribution in [1.82, 2.24) is 0 Å². The Morgan fingerprint density at radius 2 is 1.76 bits per heavy atom. The largest absolute Gasteiger partial charge is 0.409 e. The van der Waals surface area contributed by atoms with Gasteiger partial charge >= 0.3 is 0 Å². The molecule has 0 bridgehead atoms. The highest BCUT2D eigenvalue weighted by atomic mass is 16.4. The van der Waals surface area contributed by atoms with Crippen molar-refractivity contribution in [3.05, 3.63) is 59.2 Å². The molecule has 2 aromatic rings. The SMILES string of the molecule is CCc1ccc(N(C)c2ccc(/C(N)=N/O)c(C)c2)cc1. The maximum Gasteiger partial charge on any atom is 0.170 e. The molecule has 0 aliphatic rings. The predicted octanol–water partition coefficient (Wildman–Crippen LogP) is 3.42. The number of anilines is 2. The Kier molecular flexibility index (Phi) is 4.48. The van der Waals surface area contributed by atoms with Crippen molar-refractivity contribution >= 4 is 17.2 Å². The minimum atomic E-state index is 0.133. The summed E-state index contributed by atoms with van der Waals surface area (Å²) in [6.45, 7) is 4.10. The third-order valence-electron chi connectivity index (χ3n) is 3.71. The lowest BCUT2D eigenvalue weighted by molar-refractivity contribution is 0.318. The molecule has 0 amide bonds. The molecule has 0 saturated heterocycles. The summed E-state index contributed by atoms with van der Waals surface area (Å²) >= 11 is 0. The standard InChI is InChI=1S/C17H21N3O/c1-4-13-5-7-14(8-6-13)20(3)15-9-10-16(12(2)11-15)17(18)19-21/h5-11,21H,4H2,1-3H3,(H2,18,19). The summed E-state index contributed by atoms with van der Waals surface area (Å²) in [6.07, 6.45) is 1.04. The first-order chi connectivity index (χ1) is 10.1. The van der Waals surface area contributed by atoms with Crippen LogP contribution in [0.2, 0.25) is 0 Å². The van der Waals surface area contributed by atoms with E-state index in [-0.39, 0.29) is 5.84 Å². The summed E-state index contributed by atoms with van der Waals surface area (Å²) in [5.74, 6) is 0.133. The third-order valence-corrected chi connectivity index (χ3v) is 3.71. The smallest absolute Gasteiger partial charge is 0.170 e. The molecule has 0 aliphatic carbocycles. The quantitative estimate of drug-likeness (QED) is 0.391. The summed E-state index contributed by atoms with van der Waals surface area (Å²) in [6, 6.07) is 14.4. The molecule has 3 N–H and O–H groups in total. The first-order valence-corrected chi connectivity index (χ1v) is 6.98. The van der Waals surface area contributed by atoms with E-state index < -0.39 is 0 Å². The van der Waals surface area contributed by atoms with Crippen molar-refractivity contribution in [2.45, 2.75) is 20.3 Å². The lowest BCUT2D eigenvalue weighted by atomic mass is 10.1. The number of nitrogens with two attached hydrogens (primary N) is 1. The van der Waals surface area contributed by atoms with Crippen LogP contribution < -0.4 is 10.6 Å². The Hall–Kier alpha value is -2.49. The van der Waals surface area contributed by atoms with Gasteiger partial charge < -0.3 is 15.8 Å². The fourth-order valence-corrected chi connectivity index (χ4v) is 2.30. The van der Waals surface area contributed by atoms with Gasteiger partial charge in [-0.25, -0.2) is 0 Å². The zero-order valence-electron chi connectivity index (χ0n) is 12.7.